The summed E-state index contributed by atoms with van der Waals surface area (Å²) in [5.41, 5.74) is 5.68. The van der Waals surface area contributed by atoms with Gasteiger partial charge in [-0.15, -0.1) is 11.3 Å². The zero-order valence-electron chi connectivity index (χ0n) is 19.3. The number of nitrogens with zero attached hydrogens (tertiary/aromatic N) is 1. The molecular formula is C28H31NO3S. The second-order valence-electron chi connectivity index (χ2n) is 10.2. The number of aromatic hydroxyl groups is 1. The molecule has 0 radical (unpaired) electrons. The Balaban J connectivity index is 1.32. The molecule has 1 aromatic heterocycles. The number of hydrogen-bond acceptors (Lipinski definition) is 5. The third-order valence-corrected chi connectivity index (χ3v) is 8.92. The lowest BCUT2D eigenvalue weighted by Gasteiger charge is -2.27. The van der Waals surface area contributed by atoms with Gasteiger partial charge in [0.15, 0.2) is 0 Å². The molecule has 2 fully saturated rings. The van der Waals surface area contributed by atoms with Crippen LogP contribution in [0.1, 0.15) is 71.5 Å². The van der Waals surface area contributed by atoms with Crippen molar-refractivity contribution in [2.75, 3.05) is 0 Å². The number of phenolic OH excluding ortho intramolecular Hbond substituents is 1. The van der Waals surface area contributed by atoms with Crippen molar-refractivity contribution in [3.63, 3.8) is 0 Å². The van der Waals surface area contributed by atoms with E-state index in [1.807, 2.05) is 13.0 Å². The molecule has 0 spiro atoms. The van der Waals surface area contributed by atoms with Crippen LogP contribution in [-0.2, 0) is 6.42 Å². The van der Waals surface area contributed by atoms with Crippen molar-refractivity contribution in [3.8, 4) is 21.9 Å². The number of hydrogen-bond donors (Lipinski definition) is 2. The molecule has 4 unspecified atom stereocenters. The third-order valence-electron chi connectivity index (χ3n) is 7.80. The van der Waals surface area contributed by atoms with Gasteiger partial charge in [0.1, 0.15) is 17.6 Å². The van der Waals surface area contributed by atoms with Gasteiger partial charge in [0, 0.05) is 11.5 Å². The minimum atomic E-state index is -0.208. The topological polar surface area (TPSA) is 62.6 Å². The lowest BCUT2D eigenvalue weighted by molar-refractivity contribution is 0.101. The first-order valence-electron chi connectivity index (χ1n) is 12.2. The van der Waals surface area contributed by atoms with E-state index in [9.17, 15) is 10.2 Å². The van der Waals surface area contributed by atoms with Crippen molar-refractivity contribution in [3.05, 3.63) is 63.8 Å². The van der Waals surface area contributed by atoms with Crippen molar-refractivity contribution >= 4 is 11.3 Å². The molecule has 5 heteroatoms. The molecule has 0 aliphatic heterocycles. The highest BCUT2D eigenvalue weighted by atomic mass is 32.1. The molecule has 1 heterocycles. The zero-order valence-corrected chi connectivity index (χ0v) is 20.1. The number of thiazole rings is 1. The highest BCUT2D eigenvalue weighted by Gasteiger charge is 2.43. The second-order valence-corrected chi connectivity index (χ2v) is 11.4. The summed E-state index contributed by atoms with van der Waals surface area (Å²) in [5.74, 6) is 2.57. The fourth-order valence-electron chi connectivity index (χ4n) is 5.98. The van der Waals surface area contributed by atoms with Crippen LogP contribution in [0.4, 0.5) is 0 Å². The Labute approximate surface area is 199 Å². The number of aryl methyl sites for hydroxylation is 2. The van der Waals surface area contributed by atoms with Crippen LogP contribution >= 0.6 is 11.3 Å². The fourth-order valence-corrected chi connectivity index (χ4v) is 6.90. The molecular weight excluding hydrogens is 430 g/mol. The van der Waals surface area contributed by atoms with Gasteiger partial charge in [-0.25, -0.2) is 4.98 Å². The van der Waals surface area contributed by atoms with E-state index < -0.39 is 0 Å². The van der Waals surface area contributed by atoms with Crippen molar-refractivity contribution in [1.82, 2.24) is 4.98 Å². The Morgan fingerprint density at radius 3 is 2.45 bits per heavy atom. The van der Waals surface area contributed by atoms with E-state index in [0.29, 0.717) is 17.6 Å². The predicted molar refractivity (Wildman–Crippen MR) is 131 cm³/mol. The van der Waals surface area contributed by atoms with Crippen molar-refractivity contribution < 1.29 is 14.9 Å². The minimum Gasteiger partial charge on any atom is -0.508 e. The largest absolute Gasteiger partial charge is 0.508 e. The van der Waals surface area contributed by atoms with Crippen LogP contribution in [0.15, 0.2) is 36.4 Å². The molecule has 2 N–H and O–H groups in total. The Bertz CT molecular complexity index is 1180. The lowest BCUT2D eigenvalue weighted by atomic mass is 9.86. The van der Waals surface area contributed by atoms with Crippen LogP contribution < -0.4 is 4.74 Å². The number of aromatic nitrogens is 1. The van der Waals surface area contributed by atoms with E-state index in [1.54, 1.807) is 11.3 Å². The highest BCUT2D eigenvalue weighted by molar-refractivity contribution is 7.15. The van der Waals surface area contributed by atoms with Crippen LogP contribution in [0.5, 0.6) is 11.5 Å². The predicted octanol–water partition coefficient (Wildman–Crippen LogP) is 6.46. The smallest absolute Gasteiger partial charge is 0.128 e. The molecule has 4 nitrogen and oxygen atoms in total. The maximum Gasteiger partial charge on any atom is 0.128 e. The Morgan fingerprint density at radius 1 is 1.03 bits per heavy atom. The average molecular weight is 462 g/mol. The van der Waals surface area contributed by atoms with Crippen molar-refractivity contribution in [1.29, 1.82) is 0 Å². The number of benzene rings is 2. The second kappa shape index (κ2) is 8.14. The quantitative estimate of drug-likeness (QED) is 0.457. The third kappa shape index (κ3) is 3.95. The normalized spacial score (nSPS) is 26.5. The van der Waals surface area contributed by atoms with Gasteiger partial charge in [-0.3, -0.25) is 0 Å². The number of phenols is 1. The van der Waals surface area contributed by atoms with Gasteiger partial charge in [-0.2, -0.15) is 0 Å². The number of fused-ring (bicyclic) bond motifs is 1. The number of aliphatic hydroxyl groups is 1. The summed E-state index contributed by atoms with van der Waals surface area (Å²) in [6, 6.07) is 12.6. The summed E-state index contributed by atoms with van der Waals surface area (Å²) < 4.78 is 6.69. The first-order chi connectivity index (χ1) is 16.0. The number of ether oxygens (including phenoxy) is 1. The van der Waals surface area contributed by atoms with E-state index in [0.717, 1.165) is 53.3 Å². The number of aliphatic hydroxyl groups excluding tert-OH is 1. The molecule has 4 atom stereocenters. The summed E-state index contributed by atoms with van der Waals surface area (Å²) in [6.07, 6.45) is 5.67. The average Bonchev–Trinajstić information content (AvgIpc) is 3.33. The van der Waals surface area contributed by atoms with Gasteiger partial charge in [-0.05, 0) is 111 Å². The molecule has 2 saturated carbocycles. The van der Waals surface area contributed by atoms with E-state index in [4.69, 9.17) is 4.74 Å². The molecule has 2 aromatic carbocycles. The van der Waals surface area contributed by atoms with Crippen LogP contribution in [-0.4, -0.2) is 21.3 Å². The molecule has 0 amide bonds. The summed E-state index contributed by atoms with van der Waals surface area (Å²) in [6.45, 7) is 4.10. The minimum absolute atomic E-state index is 0.0851. The zero-order chi connectivity index (χ0) is 22.7. The van der Waals surface area contributed by atoms with Gasteiger partial charge in [0.2, 0.25) is 0 Å². The molecule has 3 aliphatic carbocycles. The lowest BCUT2D eigenvalue weighted by Crippen LogP contribution is -2.22. The van der Waals surface area contributed by atoms with Gasteiger partial charge in [0.25, 0.3) is 0 Å². The Morgan fingerprint density at radius 2 is 1.82 bits per heavy atom. The molecule has 3 aromatic rings. The SMILES string of the molecule is Cc1nc(C)c(-c2ccc(OC3c4cc(C5CC5)cc(O)c4CC3C3CCC(O)C3)cc2)s1. The summed E-state index contributed by atoms with van der Waals surface area (Å²) in [7, 11) is 0. The van der Waals surface area contributed by atoms with Crippen LogP contribution in [0, 0.1) is 25.7 Å². The standard InChI is InChI=1S/C28H31NO3S/c1-15-28(33-16(2)29-15)18-6-9-22(10-7-18)32-27-23(19-5-8-21(30)11-19)14-24-25(27)12-20(13-26(24)31)17-3-4-17/h6-7,9-10,12-13,17,19,21,23,27,30-31H,3-5,8,11,14H2,1-2H3. The highest BCUT2D eigenvalue weighted by Crippen LogP contribution is 2.52. The van der Waals surface area contributed by atoms with Gasteiger partial charge >= 0.3 is 0 Å². The maximum atomic E-state index is 10.9. The van der Waals surface area contributed by atoms with Crippen LogP contribution in [0.25, 0.3) is 10.4 Å². The van der Waals surface area contributed by atoms with E-state index in [-0.39, 0.29) is 18.1 Å². The molecule has 0 saturated heterocycles. The monoisotopic (exact) mass is 461 g/mol. The van der Waals surface area contributed by atoms with Gasteiger partial charge < -0.3 is 14.9 Å². The van der Waals surface area contributed by atoms with E-state index in [1.165, 1.54) is 28.8 Å². The molecule has 0 bridgehead atoms. The van der Waals surface area contributed by atoms with Crippen LogP contribution in [0.3, 0.4) is 0 Å². The molecule has 33 heavy (non-hydrogen) atoms. The fraction of sp³-hybridized carbons (Fsp3) is 0.464. The van der Waals surface area contributed by atoms with Gasteiger partial charge in [-0.1, -0.05) is 6.07 Å². The van der Waals surface area contributed by atoms with E-state index >= 15 is 0 Å². The molecule has 6 rings (SSSR count). The maximum absolute atomic E-state index is 10.9. The Kier molecular flexibility index (Phi) is 5.22. The summed E-state index contributed by atoms with van der Waals surface area (Å²) in [5, 5.41) is 22.1. The summed E-state index contributed by atoms with van der Waals surface area (Å²) in [4.78, 5) is 5.77. The first-order valence-corrected chi connectivity index (χ1v) is 13.0. The molecule has 172 valence electrons. The molecule has 3 aliphatic rings. The first kappa shape index (κ1) is 21.2. The Hall–Kier alpha value is -2.37. The van der Waals surface area contributed by atoms with Gasteiger partial charge in [0.05, 0.1) is 21.7 Å². The van der Waals surface area contributed by atoms with E-state index in [2.05, 4.69) is 42.2 Å². The summed E-state index contributed by atoms with van der Waals surface area (Å²) >= 11 is 1.72. The van der Waals surface area contributed by atoms with Crippen molar-refractivity contribution in [2.24, 2.45) is 11.8 Å². The van der Waals surface area contributed by atoms with Crippen LogP contribution in [0.2, 0.25) is 0 Å². The number of rotatable bonds is 5. The van der Waals surface area contributed by atoms with Crippen molar-refractivity contribution in [2.45, 2.75) is 70.5 Å².